The lowest BCUT2D eigenvalue weighted by Crippen LogP contribution is -2.31. The molecule has 27 heavy (non-hydrogen) atoms. The second kappa shape index (κ2) is 7.71. The fourth-order valence-corrected chi connectivity index (χ4v) is 3.39. The molecule has 0 aliphatic carbocycles. The average Bonchev–Trinajstić information content (AvgIpc) is 2.87. The van der Waals surface area contributed by atoms with Crippen LogP contribution in [0.2, 0.25) is 0 Å². The van der Waals surface area contributed by atoms with Crippen LogP contribution in [-0.2, 0) is 6.18 Å². The van der Waals surface area contributed by atoms with Gasteiger partial charge in [0.15, 0.2) is 0 Å². The Bertz CT molecular complexity index is 830. The van der Waals surface area contributed by atoms with E-state index in [9.17, 15) is 23.3 Å². The molecule has 1 fully saturated rings. The van der Waals surface area contributed by atoms with Gasteiger partial charge in [0.25, 0.3) is 5.69 Å². The molecule has 1 aliphatic heterocycles. The smallest absolute Gasteiger partial charge is 0.364 e. The van der Waals surface area contributed by atoms with Crippen LogP contribution in [0.25, 0.3) is 0 Å². The lowest BCUT2D eigenvalue weighted by atomic mass is 10.2. The van der Waals surface area contributed by atoms with Crippen molar-refractivity contribution >= 4 is 33.1 Å². The largest absolute Gasteiger partial charge is 0.417 e. The van der Waals surface area contributed by atoms with Crippen LogP contribution in [0, 0.1) is 10.1 Å². The molecular weight excluding hydrogens is 429 g/mol. The Kier molecular flexibility index (Phi) is 5.54. The van der Waals surface area contributed by atoms with E-state index in [0.717, 1.165) is 12.3 Å². The molecule has 0 N–H and O–H groups in total. The molecule has 1 aromatic carbocycles. The zero-order valence-corrected chi connectivity index (χ0v) is 15.7. The van der Waals surface area contributed by atoms with Gasteiger partial charge in [-0.2, -0.15) is 13.2 Å². The Hall–Kier alpha value is -2.36. The van der Waals surface area contributed by atoms with E-state index in [-0.39, 0.29) is 5.69 Å². The number of hydrogen-bond acceptors (Lipinski definition) is 5. The molecule has 1 saturated heterocycles. The SMILES string of the molecule is O=[N+]([O-])c1cc(Br)ccc1N1CCCN(c2ccc(C(F)(F)F)cn2)CC1. The van der Waals surface area contributed by atoms with Crippen LogP contribution in [0.3, 0.4) is 0 Å². The summed E-state index contributed by atoms with van der Waals surface area (Å²) in [6, 6.07) is 7.30. The van der Waals surface area contributed by atoms with Gasteiger partial charge in [-0.05, 0) is 30.7 Å². The first kappa shape index (κ1) is 19.4. The number of pyridine rings is 1. The first-order valence-corrected chi connectivity index (χ1v) is 9.02. The highest BCUT2D eigenvalue weighted by molar-refractivity contribution is 9.10. The molecule has 0 unspecified atom stereocenters. The van der Waals surface area contributed by atoms with Crippen molar-refractivity contribution in [2.75, 3.05) is 36.0 Å². The quantitative estimate of drug-likeness (QED) is 0.515. The number of nitro groups is 1. The van der Waals surface area contributed by atoms with Crippen LogP contribution in [0.4, 0.5) is 30.4 Å². The van der Waals surface area contributed by atoms with E-state index < -0.39 is 16.7 Å². The molecule has 10 heteroatoms. The minimum atomic E-state index is -4.42. The molecule has 2 aromatic rings. The summed E-state index contributed by atoms with van der Waals surface area (Å²) in [6.07, 6.45) is -2.88. The Morgan fingerprint density at radius 3 is 2.41 bits per heavy atom. The maximum atomic E-state index is 12.7. The van der Waals surface area contributed by atoms with E-state index in [1.165, 1.54) is 12.1 Å². The normalized spacial score (nSPS) is 15.6. The van der Waals surface area contributed by atoms with E-state index >= 15 is 0 Å². The number of anilines is 2. The Balaban J connectivity index is 1.76. The van der Waals surface area contributed by atoms with Crippen molar-refractivity contribution in [1.29, 1.82) is 0 Å². The third-order valence-electron chi connectivity index (χ3n) is 4.37. The minimum absolute atomic E-state index is 0.0190. The molecule has 0 amide bonds. The van der Waals surface area contributed by atoms with Crippen LogP contribution in [0.15, 0.2) is 41.0 Å². The summed E-state index contributed by atoms with van der Waals surface area (Å²) >= 11 is 3.24. The Morgan fingerprint density at radius 1 is 1.07 bits per heavy atom. The van der Waals surface area contributed by atoms with E-state index in [1.807, 2.05) is 9.80 Å². The number of halogens is 4. The summed E-state index contributed by atoms with van der Waals surface area (Å²) in [7, 11) is 0. The van der Waals surface area contributed by atoms with E-state index in [2.05, 4.69) is 20.9 Å². The van der Waals surface area contributed by atoms with Gasteiger partial charge in [-0.15, -0.1) is 0 Å². The van der Waals surface area contributed by atoms with Crippen molar-refractivity contribution in [3.63, 3.8) is 0 Å². The van der Waals surface area contributed by atoms with Crippen LogP contribution in [-0.4, -0.2) is 36.1 Å². The molecule has 3 rings (SSSR count). The molecule has 0 saturated carbocycles. The molecule has 0 radical (unpaired) electrons. The molecule has 2 heterocycles. The van der Waals surface area contributed by atoms with Gasteiger partial charge in [0.05, 0.1) is 10.5 Å². The second-order valence-electron chi connectivity index (χ2n) is 6.12. The number of benzene rings is 1. The first-order chi connectivity index (χ1) is 12.8. The molecule has 0 atom stereocenters. The van der Waals surface area contributed by atoms with Crippen molar-refractivity contribution < 1.29 is 18.1 Å². The van der Waals surface area contributed by atoms with Crippen molar-refractivity contribution in [3.05, 3.63) is 56.7 Å². The molecule has 144 valence electrons. The van der Waals surface area contributed by atoms with Crippen LogP contribution < -0.4 is 9.80 Å². The number of rotatable bonds is 3. The van der Waals surface area contributed by atoms with Gasteiger partial charge >= 0.3 is 6.18 Å². The van der Waals surface area contributed by atoms with Gasteiger partial charge in [0.2, 0.25) is 0 Å². The van der Waals surface area contributed by atoms with Crippen LogP contribution in [0.5, 0.6) is 0 Å². The molecule has 0 spiro atoms. The lowest BCUT2D eigenvalue weighted by molar-refractivity contribution is -0.384. The number of nitrogens with zero attached hydrogens (tertiary/aromatic N) is 4. The standard InChI is InChI=1S/C17H16BrF3N4O2/c18-13-3-4-14(15(10-13)25(26)27)23-6-1-7-24(9-8-23)16-5-2-12(11-22-16)17(19,20)21/h2-5,10-11H,1,6-9H2. The molecule has 1 aliphatic rings. The summed E-state index contributed by atoms with van der Waals surface area (Å²) in [5.74, 6) is 0.468. The van der Waals surface area contributed by atoms with E-state index in [0.29, 0.717) is 48.6 Å². The zero-order chi connectivity index (χ0) is 19.6. The lowest BCUT2D eigenvalue weighted by Gasteiger charge is -2.24. The van der Waals surface area contributed by atoms with Crippen molar-refractivity contribution in [1.82, 2.24) is 4.98 Å². The van der Waals surface area contributed by atoms with Gasteiger partial charge in [-0.25, -0.2) is 4.98 Å². The van der Waals surface area contributed by atoms with E-state index in [1.54, 1.807) is 12.1 Å². The summed E-state index contributed by atoms with van der Waals surface area (Å²) in [5.41, 5.74) is -0.232. The predicted octanol–water partition coefficient (Wildman–Crippen LogP) is 4.49. The topological polar surface area (TPSA) is 62.5 Å². The summed E-state index contributed by atoms with van der Waals surface area (Å²) in [5, 5.41) is 11.3. The molecular formula is C17H16BrF3N4O2. The number of alkyl halides is 3. The maximum absolute atomic E-state index is 12.7. The van der Waals surface area contributed by atoms with Gasteiger partial charge in [-0.3, -0.25) is 10.1 Å². The van der Waals surface area contributed by atoms with Crippen LogP contribution >= 0.6 is 15.9 Å². The molecule has 0 bridgehead atoms. The maximum Gasteiger partial charge on any atom is 0.417 e. The average molecular weight is 445 g/mol. The summed E-state index contributed by atoms with van der Waals surface area (Å²) < 4.78 is 38.7. The Morgan fingerprint density at radius 2 is 1.78 bits per heavy atom. The fraction of sp³-hybridized carbons (Fsp3) is 0.353. The summed E-state index contributed by atoms with van der Waals surface area (Å²) in [4.78, 5) is 18.7. The second-order valence-corrected chi connectivity index (χ2v) is 7.04. The Labute approximate surface area is 161 Å². The highest BCUT2D eigenvalue weighted by Crippen LogP contribution is 2.32. The number of aromatic nitrogens is 1. The van der Waals surface area contributed by atoms with Gasteiger partial charge in [0, 0.05) is 42.9 Å². The molecule has 6 nitrogen and oxygen atoms in total. The number of hydrogen-bond donors (Lipinski definition) is 0. The monoisotopic (exact) mass is 444 g/mol. The third kappa shape index (κ3) is 4.49. The zero-order valence-electron chi connectivity index (χ0n) is 14.1. The first-order valence-electron chi connectivity index (χ1n) is 8.23. The van der Waals surface area contributed by atoms with Gasteiger partial charge in [-0.1, -0.05) is 15.9 Å². The van der Waals surface area contributed by atoms with Crippen molar-refractivity contribution in [3.8, 4) is 0 Å². The van der Waals surface area contributed by atoms with Gasteiger partial charge < -0.3 is 9.80 Å². The summed E-state index contributed by atoms with van der Waals surface area (Å²) in [6.45, 7) is 2.23. The van der Waals surface area contributed by atoms with Crippen LogP contribution in [0.1, 0.15) is 12.0 Å². The van der Waals surface area contributed by atoms with Crippen molar-refractivity contribution in [2.45, 2.75) is 12.6 Å². The number of nitro benzene ring substituents is 1. The van der Waals surface area contributed by atoms with Gasteiger partial charge in [0.1, 0.15) is 11.5 Å². The predicted molar refractivity (Wildman–Crippen MR) is 99.1 cm³/mol. The third-order valence-corrected chi connectivity index (χ3v) is 4.86. The highest BCUT2D eigenvalue weighted by atomic mass is 79.9. The van der Waals surface area contributed by atoms with E-state index in [4.69, 9.17) is 0 Å². The molecule has 1 aromatic heterocycles. The highest BCUT2D eigenvalue weighted by Gasteiger charge is 2.31. The minimum Gasteiger partial charge on any atom is -0.364 e. The fourth-order valence-electron chi connectivity index (χ4n) is 3.04. The van der Waals surface area contributed by atoms with Crippen molar-refractivity contribution in [2.24, 2.45) is 0 Å².